The molecule has 0 heterocycles. The second-order valence-electron chi connectivity index (χ2n) is 3.96. The van der Waals surface area contributed by atoms with Crippen LogP contribution in [0.1, 0.15) is 35.3 Å². The van der Waals surface area contributed by atoms with Gasteiger partial charge in [-0.2, -0.15) is 0 Å². The molecule has 2 heteroatoms. The number of hydrogen-bond acceptors (Lipinski definition) is 2. The highest BCUT2D eigenvalue weighted by atomic mass is 16.5. The van der Waals surface area contributed by atoms with E-state index in [1.165, 1.54) is 12.7 Å². The predicted molar refractivity (Wildman–Crippen MR) is 65.7 cm³/mol. The Balaban J connectivity index is 3.10. The molecule has 16 heavy (non-hydrogen) atoms. The van der Waals surface area contributed by atoms with Crippen LogP contribution in [0.4, 0.5) is 0 Å². The lowest BCUT2D eigenvalue weighted by Gasteiger charge is -2.09. The van der Waals surface area contributed by atoms with E-state index in [9.17, 15) is 4.79 Å². The minimum atomic E-state index is -0.286. The Morgan fingerprint density at radius 2 is 2.06 bits per heavy atom. The summed E-state index contributed by atoms with van der Waals surface area (Å²) < 4.78 is 4.71. The summed E-state index contributed by atoms with van der Waals surface area (Å²) in [6.07, 6.45) is 1.78. The van der Waals surface area contributed by atoms with Gasteiger partial charge in [0, 0.05) is 0 Å². The van der Waals surface area contributed by atoms with Crippen molar-refractivity contribution in [2.45, 2.75) is 26.7 Å². The zero-order valence-electron chi connectivity index (χ0n) is 10.2. The molecule has 0 saturated heterocycles. The third-order valence-electron chi connectivity index (χ3n) is 2.50. The largest absolute Gasteiger partial charge is 0.465 e. The normalized spacial score (nSPS) is 9.94. The second-order valence-corrected chi connectivity index (χ2v) is 3.96. The number of aryl methyl sites for hydroxylation is 1. The molecule has 0 atom stereocenters. The average Bonchev–Trinajstić information content (AvgIpc) is 2.27. The first kappa shape index (κ1) is 12.5. The molecule has 0 unspecified atom stereocenters. The molecule has 1 aromatic carbocycles. The maximum absolute atomic E-state index is 11.4. The van der Waals surface area contributed by atoms with Crippen molar-refractivity contribution >= 4 is 5.97 Å². The van der Waals surface area contributed by atoms with E-state index in [1.807, 2.05) is 25.1 Å². The molecule has 2 nitrogen and oxygen atoms in total. The van der Waals surface area contributed by atoms with Crippen LogP contribution in [-0.4, -0.2) is 13.1 Å². The number of rotatable bonds is 4. The van der Waals surface area contributed by atoms with E-state index in [0.29, 0.717) is 5.56 Å². The maximum Gasteiger partial charge on any atom is 0.337 e. The van der Waals surface area contributed by atoms with Crippen LogP contribution < -0.4 is 0 Å². The van der Waals surface area contributed by atoms with Gasteiger partial charge in [0.05, 0.1) is 12.7 Å². The molecular weight excluding hydrogens is 200 g/mol. The summed E-state index contributed by atoms with van der Waals surface area (Å²) in [5.74, 6) is -0.286. The summed E-state index contributed by atoms with van der Waals surface area (Å²) in [7, 11) is 1.40. The highest BCUT2D eigenvalue weighted by Crippen LogP contribution is 2.16. The molecule has 0 saturated carbocycles. The number of ether oxygens (including phenoxy) is 1. The zero-order chi connectivity index (χ0) is 12.1. The SMILES string of the molecule is C=C(C)Cc1cc(C(=O)OC)ccc1CC. The second kappa shape index (κ2) is 5.50. The summed E-state index contributed by atoms with van der Waals surface area (Å²) >= 11 is 0. The van der Waals surface area contributed by atoms with Crippen LogP contribution in [0.15, 0.2) is 30.4 Å². The van der Waals surface area contributed by atoms with Crippen molar-refractivity contribution in [2.75, 3.05) is 7.11 Å². The molecule has 0 aliphatic rings. The summed E-state index contributed by atoms with van der Waals surface area (Å²) in [4.78, 5) is 11.4. The van der Waals surface area contributed by atoms with E-state index >= 15 is 0 Å². The van der Waals surface area contributed by atoms with Gasteiger partial charge in [-0.3, -0.25) is 0 Å². The third kappa shape index (κ3) is 2.96. The van der Waals surface area contributed by atoms with E-state index < -0.39 is 0 Å². The molecule has 0 N–H and O–H groups in total. The van der Waals surface area contributed by atoms with Gasteiger partial charge in [-0.25, -0.2) is 4.79 Å². The number of carbonyl (C=O) groups excluding carboxylic acids is 1. The van der Waals surface area contributed by atoms with Crippen molar-refractivity contribution in [3.05, 3.63) is 47.0 Å². The number of esters is 1. The molecule has 0 aliphatic carbocycles. The Bertz CT molecular complexity index is 405. The number of carbonyl (C=O) groups is 1. The van der Waals surface area contributed by atoms with Crippen LogP contribution in [0, 0.1) is 0 Å². The summed E-state index contributed by atoms with van der Waals surface area (Å²) in [5, 5.41) is 0. The van der Waals surface area contributed by atoms with Gasteiger partial charge in [0.2, 0.25) is 0 Å². The first-order chi connectivity index (χ1) is 7.58. The average molecular weight is 218 g/mol. The van der Waals surface area contributed by atoms with Crippen LogP contribution in [0.25, 0.3) is 0 Å². The van der Waals surface area contributed by atoms with Crippen LogP contribution >= 0.6 is 0 Å². The van der Waals surface area contributed by atoms with Crippen molar-refractivity contribution in [1.29, 1.82) is 0 Å². The topological polar surface area (TPSA) is 26.3 Å². The fourth-order valence-electron chi connectivity index (χ4n) is 1.71. The monoisotopic (exact) mass is 218 g/mol. The molecule has 0 amide bonds. The number of methoxy groups -OCH3 is 1. The van der Waals surface area contributed by atoms with Gasteiger partial charge >= 0.3 is 5.97 Å². The van der Waals surface area contributed by atoms with E-state index in [0.717, 1.165) is 24.0 Å². The highest BCUT2D eigenvalue weighted by Gasteiger charge is 2.08. The number of hydrogen-bond donors (Lipinski definition) is 0. The standard InChI is InChI=1S/C14H18O2/c1-5-11-6-7-12(14(15)16-4)9-13(11)8-10(2)3/h6-7,9H,2,5,8H2,1,3-4H3. The summed E-state index contributed by atoms with van der Waals surface area (Å²) in [5.41, 5.74) is 4.13. The van der Waals surface area contributed by atoms with Gasteiger partial charge in [-0.1, -0.05) is 25.1 Å². The predicted octanol–water partition coefficient (Wildman–Crippen LogP) is 3.15. The Morgan fingerprint density at radius 3 is 2.56 bits per heavy atom. The maximum atomic E-state index is 11.4. The van der Waals surface area contributed by atoms with Crippen molar-refractivity contribution in [3.63, 3.8) is 0 Å². The fourth-order valence-corrected chi connectivity index (χ4v) is 1.71. The van der Waals surface area contributed by atoms with E-state index in [1.54, 1.807) is 0 Å². The van der Waals surface area contributed by atoms with E-state index in [-0.39, 0.29) is 5.97 Å². The molecular formula is C14H18O2. The van der Waals surface area contributed by atoms with Crippen molar-refractivity contribution in [1.82, 2.24) is 0 Å². The molecule has 0 aromatic heterocycles. The van der Waals surface area contributed by atoms with Crippen molar-refractivity contribution < 1.29 is 9.53 Å². The quantitative estimate of drug-likeness (QED) is 0.573. The van der Waals surface area contributed by atoms with Crippen LogP contribution in [0.2, 0.25) is 0 Å². The Labute approximate surface area is 96.9 Å². The van der Waals surface area contributed by atoms with Crippen LogP contribution in [0.5, 0.6) is 0 Å². The molecule has 0 aliphatic heterocycles. The highest BCUT2D eigenvalue weighted by molar-refractivity contribution is 5.89. The third-order valence-corrected chi connectivity index (χ3v) is 2.50. The Hall–Kier alpha value is -1.57. The van der Waals surface area contributed by atoms with Crippen LogP contribution in [-0.2, 0) is 17.6 Å². The first-order valence-electron chi connectivity index (χ1n) is 5.43. The Morgan fingerprint density at radius 1 is 1.38 bits per heavy atom. The van der Waals surface area contributed by atoms with E-state index in [4.69, 9.17) is 4.74 Å². The lowest BCUT2D eigenvalue weighted by atomic mass is 9.97. The van der Waals surface area contributed by atoms with Crippen molar-refractivity contribution in [2.24, 2.45) is 0 Å². The minimum Gasteiger partial charge on any atom is -0.465 e. The van der Waals surface area contributed by atoms with Gasteiger partial charge in [0.25, 0.3) is 0 Å². The lowest BCUT2D eigenvalue weighted by molar-refractivity contribution is 0.0600. The molecule has 0 spiro atoms. The molecule has 0 bridgehead atoms. The molecule has 1 aromatic rings. The fraction of sp³-hybridized carbons (Fsp3) is 0.357. The zero-order valence-corrected chi connectivity index (χ0v) is 10.2. The van der Waals surface area contributed by atoms with Crippen LogP contribution in [0.3, 0.4) is 0 Å². The van der Waals surface area contributed by atoms with Gasteiger partial charge in [0.15, 0.2) is 0 Å². The Kier molecular flexibility index (Phi) is 4.29. The number of benzene rings is 1. The van der Waals surface area contributed by atoms with Crippen molar-refractivity contribution in [3.8, 4) is 0 Å². The van der Waals surface area contributed by atoms with Gasteiger partial charge in [0.1, 0.15) is 0 Å². The molecule has 0 fully saturated rings. The van der Waals surface area contributed by atoms with Gasteiger partial charge in [-0.15, -0.1) is 0 Å². The van der Waals surface area contributed by atoms with Gasteiger partial charge in [-0.05, 0) is 43.0 Å². The van der Waals surface area contributed by atoms with Gasteiger partial charge < -0.3 is 4.74 Å². The number of allylic oxidation sites excluding steroid dienone is 1. The molecule has 0 radical (unpaired) electrons. The summed E-state index contributed by atoms with van der Waals surface area (Å²) in [6.45, 7) is 8.00. The molecule has 1 rings (SSSR count). The minimum absolute atomic E-state index is 0.286. The smallest absolute Gasteiger partial charge is 0.337 e. The van der Waals surface area contributed by atoms with E-state index in [2.05, 4.69) is 13.5 Å². The summed E-state index contributed by atoms with van der Waals surface area (Å²) in [6, 6.07) is 5.70. The molecule has 86 valence electrons. The first-order valence-corrected chi connectivity index (χ1v) is 5.43. The lowest BCUT2D eigenvalue weighted by Crippen LogP contribution is -2.04.